The van der Waals surface area contributed by atoms with Crippen LogP contribution in [0, 0.1) is 3.57 Å². The highest BCUT2D eigenvalue weighted by Crippen LogP contribution is 2.14. The van der Waals surface area contributed by atoms with Gasteiger partial charge in [0.05, 0.1) is 7.11 Å². The van der Waals surface area contributed by atoms with Gasteiger partial charge in [-0.25, -0.2) is 0 Å². The van der Waals surface area contributed by atoms with E-state index in [1.807, 2.05) is 12.1 Å². The minimum Gasteiger partial charge on any atom is -0.469 e. The summed E-state index contributed by atoms with van der Waals surface area (Å²) in [7, 11) is 1.43. The maximum Gasteiger partial charge on any atom is 0.305 e. The van der Waals surface area contributed by atoms with Gasteiger partial charge in [0.2, 0.25) is 0 Å². The molecule has 0 fully saturated rings. The highest BCUT2D eigenvalue weighted by molar-refractivity contribution is 14.1. The third kappa shape index (κ3) is 3.65. The van der Waals surface area contributed by atoms with E-state index in [4.69, 9.17) is 0 Å². The van der Waals surface area contributed by atoms with Gasteiger partial charge >= 0.3 is 5.97 Å². The van der Waals surface area contributed by atoms with Gasteiger partial charge in [0, 0.05) is 9.99 Å². The average molecular weight is 304 g/mol. The van der Waals surface area contributed by atoms with Gasteiger partial charge in [-0.3, -0.25) is 4.79 Å². The van der Waals surface area contributed by atoms with E-state index in [1.165, 1.54) is 16.2 Å². The summed E-state index contributed by atoms with van der Waals surface area (Å²) >= 11 is 2.31. The van der Waals surface area contributed by atoms with Gasteiger partial charge in [0.15, 0.2) is 0 Å². The van der Waals surface area contributed by atoms with Crippen LogP contribution in [0.4, 0.5) is 0 Å². The van der Waals surface area contributed by atoms with Crippen LogP contribution in [0.5, 0.6) is 0 Å². The van der Waals surface area contributed by atoms with Crippen molar-refractivity contribution in [3.05, 3.63) is 33.4 Å². The molecule has 14 heavy (non-hydrogen) atoms. The van der Waals surface area contributed by atoms with E-state index in [0.717, 1.165) is 12.8 Å². The molecule has 1 rings (SSSR count). The number of benzene rings is 1. The number of rotatable bonds is 4. The van der Waals surface area contributed by atoms with Crippen LogP contribution in [0.1, 0.15) is 18.4 Å². The molecule has 0 unspecified atom stereocenters. The Kier molecular flexibility index (Phi) is 4.93. The minimum absolute atomic E-state index is 0.129. The highest BCUT2D eigenvalue weighted by atomic mass is 127. The van der Waals surface area contributed by atoms with E-state index >= 15 is 0 Å². The Bertz CT molecular complexity index is 310. The fraction of sp³-hybridized carbons (Fsp3) is 0.364. The van der Waals surface area contributed by atoms with Crippen LogP contribution in [0.25, 0.3) is 0 Å². The van der Waals surface area contributed by atoms with Crippen molar-refractivity contribution < 1.29 is 9.53 Å². The summed E-state index contributed by atoms with van der Waals surface area (Å²) in [6.45, 7) is 0. The van der Waals surface area contributed by atoms with Crippen molar-refractivity contribution >= 4 is 28.6 Å². The Labute approximate surface area is 97.8 Å². The predicted octanol–water partition coefficient (Wildman–Crippen LogP) is 2.79. The van der Waals surface area contributed by atoms with E-state index in [1.54, 1.807) is 0 Å². The van der Waals surface area contributed by atoms with Crippen LogP contribution >= 0.6 is 22.6 Å². The molecule has 0 saturated heterocycles. The third-order valence-electron chi connectivity index (χ3n) is 2.01. The fourth-order valence-corrected chi connectivity index (χ4v) is 1.88. The molecule has 0 saturated carbocycles. The van der Waals surface area contributed by atoms with Crippen molar-refractivity contribution in [2.24, 2.45) is 0 Å². The van der Waals surface area contributed by atoms with E-state index in [-0.39, 0.29) is 5.97 Å². The van der Waals surface area contributed by atoms with Gasteiger partial charge in [-0.15, -0.1) is 0 Å². The molecule has 0 aliphatic heterocycles. The van der Waals surface area contributed by atoms with Crippen LogP contribution in [0.15, 0.2) is 24.3 Å². The minimum atomic E-state index is -0.129. The topological polar surface area (TPSA) is 26.3 Å². The summed E-state index contributed by atoms with van der Waals surface area (Å²) in [4.78, 5) is 10.9. The molecule has 0 amide bonds. The molecule has 0 aromatic heterocycles. The number of hydrogen-bond acceptors (Lipinski definition) is 2. The zero-order valence-corrected chi connectivity index (χ0v) is 10.3. The van der Waals surface area contributed by atoms with Crippen LogP contribution < -0.4 is 0 Å². The average Bonchev–Trinajstić information content (AvgIpc) is 2.20. The first-order valence-corrected chi connectivity index (χ1v) is 5.62. The van der Waals surface area contributed by atoms with Gasteiger partial charge < -0.3 is 4.74 Å². The second-order valence-corrected chi connectivity index (χ2v) is 4.18. The first kappa shape index (κ1) is 11.5. The standard InChI is InChI=1S/C11H13IO2/c1-14-11(13)8-4-6-9-5-2-3-7-10(9)12/h2-3,5,7H,4,6,8H2,1H3. The first-order valence-electron chi connectivity index (χ1n) is 4.54. The summed E-state index contributed by atoms with van der Waals surface area (Å²) in [5.41, 5.74) is 1.30. The molecule has 0 spiro atoms. The molecular weight excluding hydrogens is 291 g/mol. The van der Waals surface area contributed by atoms with Gasteiger partial charge in [-0.1, -0.05) is 18.2 Å². The Hall–Kier alpha value is -0.580. The number of esters is 1. The molecule has 3 heteroatoms. The van der Waals surface area contributed by atoms with Crippen molar-refractivity contribution in [2.75, 3.05) is 7.11 Å². The molecule has 1 aromatic rings. The summed E-state index contributed by atoms with van der Waals surface area (Å²) in [5, 5.41) is 0. The monoisotopic (exact) mass is 304 g/mol. The number of ether oxygens (including phenoxy) is 1. The van der Waals surface area contributed by atoms with Crippen LogP contribution in [0.3, 0.4) is 0 Å². The van der Waals surface area contributed by atoms with Crippen LogP contribution in [-0.4, -0.2) is 13.1 Å². The largest absolute Gasteiger partial charge is 0.469 e. The van der Waals surface area contributed by atoms with E-state index < -0.39 is 0 Å². The summed E-state index contributed by atoms with van der Waals surface area (Å²) in [6.07, 6.45) is 2.29. The molecule has 1 aromatic carbocycles. The normalized spacial score (nSPS) is 9.86. The van der Waals surface area contributed by atoms with E-state index in [2.05, 4.69) is 39.5 Å². The quantitative estimate of drug-likeness (QED) is 0.631. The number of carbonyl (C=O) groups is 1. The molecule has 0 aliphatic carbocycles. The molecule has 0 bridgehead atoms. The van der Waals surface area contributed by atoms with Crippen molar-refractivity contribution in [2.45, 2.75) is 19.3 Å². The number of aryl methyl sites for hydroxylation is 1. The number of carbonyl (C=O) groups excluding carboxylic acids is 1. The summed E-state index contributed by atoms with van der Waals surface area (Å²) in [5.74, 6) is -0.129. The number of hydrogen-bond donors (Lipinski definition) is 0. The molecule has 0 aliphatic rings. The van der Waals surface area contributed by atoms with Crippen LogP contribution in [-0.2, 0) is 16.0 Å². The second-order valence-electron chi connectivity index (χ2n) is 3.02. The first-order chi connectivity index (χ1) is 6.74. The molecular formula is C11H13IO2. The highest BCUT2D eigenvalue weighted by Gasteiger charge is 2.02. The van der Waals surface area contributed by atoms with E-state index in [0.29, 0.717) is 6.42 Å². The SMILES string of the molecule is COC(=O)CCCc1ccccc1I. The molecule has 0 heterocycles. The fourth-order valence-electron chi connectivity index (χ4n) is 1.23. The van der Waals surface area contributed by atoms with Crippen molar-refractivity contribution in [3.63, 3.8) is 0 Å². The van der Waals surface area contributed by atoms with Crippen molar-refractivity contribution in [1.82, 2.24) is 0 Å². The molecule has 76 valence electrons. The van der Waals surface area contributed by atoms with E-state index in [9.17, 15) is 4.79 Å². The van der Waals surface area contributed by atoms with Crippen molar-refractivity contribution in [1.29, 1.82) is 0 Å². The lowest BCUT2D eigenvalue weighted by Crippen LogP contribution is -2.00. The molecule has 0 atom stereocenters. The van der Waals surface area contributed by atoms with Crippen LogP contribution in [0.2, 0.25) is 0 Å². The number of halogens is 1. The Morgan fingerprint density at radius 1 is 1.43 bits per heavy atom. The molecule has 0 N–H and O–H groups in total. The Morgan fingerprint density at radius 3 is 2.79 bits per heavy atom. The summed E-state index contributed by atoms with van der Waals surface area (Å²) < 4.78 is 5.84. The zero-order chi connectivity index (χ0) is 10.4. The predicted molar refractivity (Wildman–Crippen MR) is 64.1 cm³/mol. The Morgan fingerprint density at radius 2 is 2.14 bits per heavy atom. The molecule has 0 radical (unpaired) electrons. The third-order valence-corrected chi connectivity index (χ3v) is 3.06. The van der Waals surface area contributed by atoms with Crippen molar-refractivity contribution in [3.8, 4) is 0 Å². The maximum atomic E-state index is 10.9. The lowest BCUT2D eigenvalue weighted by Gasteiger charge is -2.03. The molecule has 2 nitrogen and oxygen atoms in total. The van der Waals surface area contributed by atoms with Gasteiger partial charge in [0.25, 0.3) is 0 Å². The lowest BCUT2D eigenvalue weighted by atomic mass is 10.1. The Balaban J connectivity index is 2.39. The van der Waals surface area contributed by atoms with Gasteiger partial charge in [0.1, 0.15) is 0 Å². The smallest absolute Gasteiger partial charge is 0.305 e. The maximum absolute atomic E-state index is 10.9. The second kappa shape index (κ2) is 6.01. The summed E-state index contributed by atoms with van der Waals surface area (Å²) in [6, 6.07) is 8.22. The van der Waals surface area contributed by atoms with Gasteiger partial charge in [-0.05, 0) is 47.1 Å². The van der Waals surface area contributed by atoms with Gasteiger partial charge in [-0.2, -0.15) is 0 Å². The zero-order valence-electron chi connectivity index (χ0n) is 8.13. The number of methoxy groups -OCH3 is 1. The lowest BCUT2D eigenvalue weighted by molar-refractivity contribution is -0.140.